The topological polar surface area (TPSA) is 102 Å². The van der Waals surface area contributed by atoms with Crippen LogP contribution in [0.4, 0.5) is 10.5 Å². The van der Waals surface area contributed by atoms with Gasteiger partial charge in [-0.2, -0.15) is 0 Å². The second-order valence-electron chi connectivity index (χ2n) is 7.85. The van der Waals surface area contributed by atoms with E-state index in [9.17, 15) is 19.2 Å². The molecule has 1 aliphatic rings. The molecule has 1 saturated heterocycles. The van der Waals surface area contributed by atoms with E-state index < -0.39 is 29.6 Å². The molecule has 0 aromatic heterocycles. The van der Waals surface area contributed by atoms with Crippen LogP contribution in [0.1, 0.15) is 21.5 Å². The zero-order valence-electron chi connectivity index (χ0n) is 19.5. The number of amides is 3. The lowest BCUT2D eigenvalue weighted by molar-refractivity contribution is -0.127. The molecule has 8 nitrogen and oxygen atoms in total. The summed E-state index contributed by atoms with van der Waals surface area (Å²) in [6.45, 7) is 1.53. The zero-order chi connectivity index (χ0) is 25.7. The van der Waals surface area contributed by atoms with E-state index in [-0.39, 0.29) is 16.4 Å². The first-order chi connectivity index (χ1) is 17.3. The number of methoxy groups -OCH3 is 1. The normalized spacial score (nSPS) is 14.2. The van der Waals surface area contributed by atoms with Crippen LogP contribution in [-0.2, 0) is 9.59 Å². The molecule has 0 spiro atoms. The minimum Gasteiger partial charge on any atom is -0.493 e. The van der Waals surface area contributed by atoms with Crippen LogP contribution in [0.15, 0.2) is 77.7 Å². The summed E-state index contributed by atoms with van der Waals surface area (Å²) in [5, 5.41) is 2.12. The van der Waals surface area contributed by atoms with Crippen LogP contribution >= 0.6 is 11.8 Å². The molecule has 3 aromatic rings. The van der Waals surface area contributed by atoms with E-state index in [4.69, 9.17) is 9.47 Å². The van der Waals surface area contributed by atoms with Crippen LogP contribution in [0.5, 0.6) is 11.5 Å². The van der Waals surface area contributed by atoms with E-state index in [1.165, 1.54) is 13.2 Å². The van der Waals surface area contributed by atoms with Gasteiger partial charge in [0, 0.05) is 5.69 Å². The number of aryl methyl sites for hydroxylation is 1. The summed E-state index contributed by atoms with van der Waals surface area (Å²) in [6.07, 6.45) is 1.52. The number of para-hydroxylation sites is 1. The van der Waals surface area contributed by atoms with E-state index in [0.717, 1.165) is 22.2 Å². The first-order valence-corrected chi connectivity index (χ1v) is 11.7. The van der Waals surface area contributed by atoms with Gasteiger partial charge in [-0.1, -0.05) is 42.0 Å². The second-order valence-corrected chi connectivity index (χ2v) is 8.84. The molecule has 0 bridgehead atoms. The molecule has 1 aliphatic heterocycles. The molecule has 0 aliphatic carbocycles. The van der Waals surface area contributed by atoms with Gasteiger partial charge in [-0.15, -0.1) is 0 Å². The number of ether oxygens (including phenoxy) is 2. The zero-order valence-corrected chi connectivity index (χ0v) is 20.3. The van der Waals surface area contributed by atoms with Gasteiger partial charge in [-0.25, -0.2) is 4.79 Å². The van der Waals surface area contributed by atoms with Gasteiger partial charge >= 0.3 is 5.97 Å². The molecule has 1 fully saturated rings. The average molecular weight is 503 g/mol. The molecule has 4 rings (SSSR count). The van der Waals surface area contributed by atoms with E-state index >= 15 is 0 Å². The number of esters is 1. The molecule has 3 amide bonds. The van der Waals surface area contributed by atoms with E-state index in [1.54, 1.807) is 54.6 Å². The Morgan fingerprint density at radius 2 is 1.69 bits per heavy atom. The average Bonchev–Trinajstić information content (AvgIpc) is 3.13. The second kappa shape index (κ2) is 10.9. The van der Waals surface area contributed by atoms with Gasteiger partial charge in [0.05, 0.1) is 17.6 Å². The Kier molecular flexibility index (Phi) is 7.50. The molecular formula is C27H22N2O6S. The summed E-state index contributed by atoms with van der Waals surface area (Å²) in [4.78, 5) is 51.0. The Balaban J connectivity index is 1.45. The molecule has 1 heterocycles. The molecular weight excluding hydrogens is 480 g/mol. The van der Waals surface area contributed by atoms with Crippen LogP contribution in [0.2, 0.25) is 0 Å². The quantitative estimate of drug-likeness (QED) is 0.279. The van der Waals surface area contributed by atoms with E-state index in [0.29, 0.717) is 16.8 Å². The van der Waals surface area contributed by atoms with Crippen molar-refractivity contribution in [2.45, 2.75) is 6.92 Å². The van der Waals surface area contributed by atoms with Gasteiger partial charge in [-0.3, -0.25) is 19.3 Å². The van der Waals surface area contributed by atoms with E-state index in [2.05, 4.69) is 5.32 Å². The summed E-state index contributed by atoms with van der Waals surface area (Å²) in [5.41, 5.74) is 2.55. The molecule has 1 N–H and O–H groups in total. The highest BCUT2D eigenvalue weighted by Crippen LogP contribution is 2.34. The molecule has 0 radical (unpaired) electrons. The number of hydrogen-bond acceptors (Lipinski definition) is 7. The van der Waals surface area contributed by atoms with Gasteiger partial charge in [-0.05, 0) is 66.7 Å². The highest BCUT2D eigenvalue weighted by Gasteiger charge is 2.36. The van der Waals surface area contributed by atoms with Crippen LogP contribution in [0.3, 0.4) is 0 Å². The number of nitrogens with one attached hydrogen (secondary N) is 1. The molecule has 182 valence electrons. The number of nitrogens with zero attached hydrogens (tertiary/aromatic N) is 1. The van der Waals surface area contributed by atoms with Crippen molar-refractivity contribution in [3.63, 3.8) is 0 Å². The Bertz CT molecular complexity index is 1350. The van der Waals surface area contributed by atoms with Crippen molar-refractivity contribution in [3.8, 4) is 11.5 Å². The highest BCUT2D eigenvalue weighted by molar-refractivity contribution is 8.18. The number of hydrogen-bond donors (Lipinski definition) is 1. The van der Waals surface area contributed by atoms with Crippen molar-refractivity contribution in [2.24, 2.45) is 0 Å². The number of carbonyl (C=O) groups is 4. The molecule has 36 heavy (non-hydrogen) atoms. The summed E-state index contributed by atoms with van der Waals surface area (Å²) < 4.78 is 10.8. The first-order valence-electron chi connectivity index (χ1n) is 10.9. The fourth-order valence-corrected chi connectivity index (χ4v) is 4.20. The van der Waals surface area contributed by atoms with Crippen molar-refractivity contribution < 1.29 is 28.7 Å². The Hall–Kier alpha value is -4.37. The predicted octanol–water partition coefficient (Wildman–Crippen LogP) is 4.90. The largest absolute Gasteiger partial charge is 0.493 e. The lowest BCUT2D eigenvalue weighted by atomic mass is 10.1. The lowest BCUT2D eigenvalue weighted by Gasteiger charge is -2.12. The number of imide groups is 1. The summed E-state index contributed by atoms with van der Waals surface area (Å²) in [6, 6.07) is 20.5. The molecule has 9 heteroatoms. The van der Waals surface area contributed by atoms with Crippen molar-refractivity contribution in [2.75, 3.05) is 19.0 Å². The maximum Gasteiger partial charge on any atom is 0.343 e. The molecule has 3 aromatic carbocycles. The Morgan fingerprint density at radius 1 is 0.972 bits per heavy atom. The third-order valence-electron chi connectivity index (χ3n) is 5.21. The van der Waals surface area contributed by atoms with Crippen molar-refractivity contribution >= 4 is 46.5 Å². The summed E-state index contributed by atoms with van der Waals surface area (Å²) >= 11 is 0.744. The van der Waals surface area contributed by atoms with Crippen LogP contribution in [-0.4, -0.2) is 41.6 Å². The minimum absolute atomic E-state index is 0.166. The molecule has 0 unspecified atom stereocenters. The summed E-state index contributed by atoms with van der Waals surface area (Å²) in [5.74, 6) is -1.08. The van der Waals surface area contributed by atoms with Crippen molar-refractivity contribution in [1.82, 2.24) is 4.90 Å². The van der Waals surface area contributed by atoms with Gasteiger partial charge in [0.15, 0.2) is 11.5 Å². The fourth-order valence-electron chi connectivity index (χ4n) is 3.36. The van der Waals surface area contributed by atoms with Crippen LogP contribution in [0, 0.1) is 6.92 Å². The smallest absolute Gasteiger partial charge is 0.343 e. The lowest BCUT2D eigenvalue weighted by Crippen LogP contribution is -2.36. The third-order valence-corrected chi connectivity index (χ3v) is 6.12. The first kappa shape index (κ1) is 24.7. The fraction of sp³-hybridized carbons (Fsp3) is 0.111. The number of rotatable bonds is 7. The monoisotopic (exact) mass is 502 g/mol. The van der Waals surface area contributed by atoms with Gasteiger partial charge in [0.1, 0.15) is 6.54 Å². The number of anilines is 1. The SMILES string of the molecule is COc1cc(/C=C2\SC(=O)N(CC(=O)Nc3ccccc3)C2=O)ccc1OC(=O)c1ccc(C)cc1. The maximum absolute atomic E-state index is 12.8. The number of benzene rings is 3. The van der Waals surface area contributed by atoms with E-state index in [1.807, 2.05) is 25.1 Å². The van der Waals surface area contributed by atoms with Gasteiger partial charge in [0.2, 0.25) is 5.91 Å². The van der Waals surface area contributed by atoms with Crippen molar-refractivity contribution in [3.05, 3.63) is 94.4 Å². The van der Waals surface area contributed by atoms with Crippen LogP contribution in [0.25, 0.3) is 6.08 Å². The molecule has 0 atom stereocenters. The highest BCUT2D eigenvalue weighted by atomic mass is 32.2. The standard InChI is InChI=1S/C27H22N2O6S/c1-17-8-11-19(12-9-17)26(32)35-21-13-10-18(14-22(21)34-2)15-23-25(31)29(27(33)36-23)16-24(30)28-20-6-4-3-5-7-20/h3-15H,16H2,1-2H3,(H,28,30)/b23-15-. The Labute approximate surface area is 211 Å². The van der Waals surface area contributed by atoms with Gasteiger partial charge < -0.3 is 14.8 Å². The minimum atomic E-state index is -0.568. The van der Waals surface area contributed by atoms with Gasteiger partial charge in [0.25, 0.3) is 11.1 Å². The van der Waals surface area contributed by atoms with Crippen LogP contribution < -0.4 is 14.8 Å². The Morgan fingerprint density at radius 3 is 2.39 bits per heavy atom. The maximum atomic E-state index is 12.8. The molecule has 0 saturated carbocycles. The predicted molar refractivity (Wildman–Crippen MR) is 137 cm³/mol. The number of thioether (sulfide) groups is 1. The summed E-state index contributed by atoms with van der Waals surface area (Å²) in [7, 11) is 1.43. The van der Waals surface area contributed by atoms with Crippen molar-refractivity contribution in [1.29, 1.82) is 0 Å². The third kappa shape index (κ3) is 5.81. The number of carbonyl (C=O) groups excluding carboxylic acids is 4.